The van der Waals surface area contributed by atoms with Crippen LogP contribution in [0.1, 0.15) is 43.0 Å². The summed E-state index contributed by atoms with van der Waals surface area (Å²) in [5, 5.41) is 19.9. The summed E-state index contributed by atoms with van der Waals surface area (Å²) in [5.41, 5.74) is 1.58. The van der Waals surface area contributed by atoms with E-state index in [2.05, 4.69) is 0 Å². The van der Waals surface area contributed by atoms with E-state index in [0.717, 1.165) is 0 Å². The van der Waals surface area contributed by atoms with E-state index in [1.54, 1.807) is 38.1 Å². The van der Waals surface area contributed by atoms with Gasteiger partial charge in [-0.3, -0.25) is 9.59 Å². The molecule has 0 bridgehead atoms. The molecule has 2 N–H and O–H groups in total. The Bertz CT molecular complexity index is 722. The van der Waals surface area contributed by atoms with Crippen molar-refractivity contribution in [1.82, 2.24) is 0 Å². The number of carbonyl (C=O) groups is 2. The molecule has 0 radical (unpaired) electrons. The van der Waals surface area contributed by atoms with Crippen molar-refractivity contribution in [2.45, 2.75) is 13.8 Å². The van der Waals surface area contributed by atoms with Crippen molar-refractivity contribution in [3.05, 3.63) is 57.6 Å². The Hall–Kier alpha value is -2.62. The smallest absolute Gasteiger partial charge is 0.198 e. The number of benzene rings is 2. The molecule has 100 valence electrons. The number of hydrogen-bond donors (Lipinski definition) is 2. The molecule has 0 spiro atoms. The molecule has 0 atom stereocenters. The van der Waals surface area contributed by atoms with Crippen molar-refractivity contribution in [3.8, 4) is 11.5 Å². The maximum atomic E-state index is 12.5. The van der Waals surface area contributed by atoms with Crippen molar-refractivity contribution < 1.29 is 19.8 Å². The fraction of sp³-hybridized carbons (Fsp3) is 0.125. The Morgan fingerprint density at radius 1 is 0.750 bits per heavy atom. The van der Waals surface area contributed by atoms with Crippen LogP contribution in [0.3, 0.4) is 0 Å². The highest BCUT2D eigenvalue weighted by Crippen LogP contribution is 2.42. The lowest BCUT2D eigenvalue weighted by molar-refractivity contribution is 0.0975. The van der Waals surface area contributed by atoms with Crippen LogP contribution in [0.15, 0.2) is 24.3 Å². The molecule has 2 aromatic carbocycles. The van der Waals surface area contributed by atoms with E-state index in [4.69, 9.17) is 0 Å². The first-order valence-corrected chi connectivity index (χ1v) is 6.18. The van der Waals surface area contributed by atoms with Crippen molar-refractivity contribution in [1.29, 1.82) is 0 Å². The molecule has 4 heteroatoms. The summed E-state index contributed by atoms with van der Waals surface area (Å²) in [7, 11) is 0. The lowest BCUT2D eigenvalue weighted by Crippen LogP contribution is -2.22. The summed E-state index contributed by atoms with van der Waals surface area (Å²) in [6, 6.07) is 6.49. The first-order valence-electron chi connectivity index (χ1n) is 6.18. The van der Waals surface area contributed by atoms with Crippen LogP contribution >= 0.6 is 0 Å². The van der Waals surface area contributed by atoms with Gasteiger partial charge in [-0.2, -0.15) is 0 Å². The van der Waals surface area contributed by atoms with Crippen molar-refractivity contribution >= 4 is 11.6 Å². The van der Waals surface area contributed by atoms with Gasteiger partial charge in [0.1, 0.15) is 0 Å². The molecule has 0 aromatic heterocycles. The van der Waals surface area contributed by atoms with E-state index in [1.807, 2.05) is 0 Å². The number of hydrogen-bond acceptors (Lipinski definition) is 4. The predicted octanol–water partition coefficient (Wildman–Crippen LogP) is 2.49. The molecule has 20 heavy (non-hydrogen) atoms. The summed E-state index contributed by atoms with van der Waals surface area (Å²) in [5.74, 6) is -1.60. The molecule has 0 aliphatic heterocycles. The molecular weight excluding hydrogens is 256 g/mol. The molecule has 0 heterocycles. The van der Waals surface area contributed by atoms with E-state index in [-0.39, 0.29) is 28.2 Å². The van der Waals surface area contributed by atoms with Crippen LogP contribution in [0.5, 0.6) is 11.5 Å². The van der Waals surface area contributed by atoms with Crippen LogP contribution in [0.4, 0.5) is 0 Å². The number of ketones is 2. The van der Waals surface area contributed by atoms with Gasteiger partial charge in [-0.05, 0) is 25.0 Å². The van der Waals surface area contributed by atoms with Gasteiger partial charge in [-0.1, -0.05) is 24.3 Å². The van der Waals surface area contributed by atoms with Crippen LogP contribution < -0.4 is 0 Å². The lowest BCUT2D eigenvalue weighted by atomic mass is 9.80. The molecule has 4 nitrogen and oxygen atoms in total. The van der Waals surface area contributed by atoms with Crippen LogP contribution in [0.25, 0.3) is 0 Å². The van der Waals surface area contributed by atoms with Crippen molar-refractivity contribution in [2.24, 2.45) is 0 Å². The zero-order chi connectivity index (χ0) is 14.6. The minimum absolute atomic E-state index is 0.102. The minimum Gasteiger partial charge on any atom is -0.504 e. The molecule has 1 aliphatic carbocycles. The number of aromatic hydroxyl groups is 2. The maximum absolute atomic E-state index is 12.5. The Morgan fingerprint density at radius 3 is 1.80 bits per heavy atom. The van der Waals surface area contributed by atoms with Gasteiger partial charge in [0, 0.05) is 16.7 Å². The Balaban J connectivity index is 2.46. The van der Waals surface area contributed by atoms with Gasteiger partial charge in [0.2, 0.25) is 0 Å². The van der Waals surface area contributed by atoms with Crippen LogP contribution in [0, 0.1) is 13.8 Å². The highest BCUT2D eigenvalue weighted by Gasteiger charge is 2.35. The molecule has 0 fully saturated rings. The SMILES string of the molecule is Cc1c(C)c2c(c(O)c1O)C(=O)c1ccccc1C2=O. The molecule has 0 unspecified atom stereocenters. The third-order valence-electron chi connectivity index (χ3n) is 3.87. The zero-order valence-corrected chi connectivity index (χ0v) is 11.0. The second-order valence-electron chi connectivity index (χ2n) is 4.90. The number of rotatable bonds is 0. The fourth-order valence-corrected chi connectivity index (χ4v) is 2.62. The zero-order valence-electron chi connectivity index (χ0n) is 11.0. The first-order chi connectivity index (χ1) is 9.45. The third kappa shape index (κ3) is 1.36. The Kier molecular flexibility index (Phi) is 2.44. The van der Waals surface area contributed by atoms with E-state index >= 15 is 0 Å². The lowest BCUT2D eigenvalue weighted by Gasteiger charge is -2.22. The number of phenolic OH excluding ortho intramolecular Hbond substituents is 2. The van der Waals surface area contributed by atoms with Crippen molar-refractivity contribution in [2.75, 3.05) is 0 Å². The predicted molar refractivity (Wildman–Crippen MR) is 72.6 cm³/mol. The van der Waals surface area contributed by atoms with E-state index in [1.165, 1.54) is 0 Å². The molecule has 1 aliphatic rings. The Morgan fingerprint density at radius 2 is 1.25 bits per heavy atom. The highest BCUT2D eigenvalue weighted by atomic mass is 16.3. The average Bonchev–Trinajstić information content (AvgIpc) is 2.46. The maximum Gasteiger partial charge on any atom is 0.198 e. The summed E-state index contributed by atoms with van der Waals surface area (Å²) < 4.78 is 0. The van der Waals surface area contributed by atoms with E-state index in [0.29, 0.717) is 16.7 Å². The third-order valence-corrected chi connectivity index (χ3v) is 3.87. The number of phenols is 2. The second-order valence-corrected chi connectivity index (χ2v) is 4.90. The summed E-state index contributed by atoms with van der Waals surface area (Å²) in [6.07, 6.45) is 0. The monoisotopic (exact) mass is 268 g/mol. The normalized spacial score (nSPS) is 13.1. The second kappa shape index (κ2) is 3.93. The van der Waals surface area contributed by atoms with Gasteiger partial charge in [0.25, 0.3) is 0 Å². The van der Waals surface area contributed by atoms with Gasteiger partial charge < -0.3 is 10.2 Å². The molecular formula is C16H12O4. The van der Waals surface area contributed by atoms with Gasteiger partial charge in [-0.15, -0.1) is 0 Å². The van der Waals surface area contributed by atoms with Crippen molar-refractivity contribution in [3.63, 3.8) is 0 Å². The summed E-state index contributed by atoms with van der Waals surface area (Å²) in [6.45, 7) is 3.26. The van der Waals surface area contributed by atoms with Gasteiger partial charge in [0.15, 0.2) is 23.1 Å². The van der Waals surface area contributed by atoms with Gasteiger partial charge in [-0.25, -0.2) is 0 Å². The Labute approximate surface area is 115 Å². The van der Waals surface area contributed by atoms with Crippen LogP contribution in [0.2, 0.25) is 0 Å². The van der Waals surface area contributed by atoms with Crippen LogP contribution in [-0.2, 0) is 0 Å². The topological polar surface area (TPSA) is 74.6 Å². The van der Waals surface area contributed by atoms with E-state index < -0.39 is 11.5 Å². The molecule has 3 rings (SSSR count). The molecule has 0 saturated heterocycles. The molecule has 0 saturated carbocycles. The quantitative estimate of drug-likeness (QED) is 0.614. The van der Waals surface area contributed by atoms with Gasteiger partial charge in [0.05, 0.1) is 5.56 Å². The first kappa shape index (κ1) is 12.4. The largest absolute Gasteiger partial charge is 0.504 e. The average molecular weight is 268 g/mol. The number of fused-ring (bicyclic) bond motifs is 2. The summed E-state index contributed by atoms with van der Waals surface area (Å²) >= 11 is 0. The number of carbonyl (C=O) groups excluding carboxylic acids is 2. The standard InChI is InChI=1S/C16H12O4/c1-7-8(2)13(17)16(20)12-11(7)14(18)9-5-3-4-6-10(9)15(12)19/h3-6,17,20H,1-2H3. The van der Waals surface area contributed by atoms with Crippen LogP contribution in [-0.4, -0.2) is 21.8 Å². The minimum atomic E-state index is -0.518. The van der Waals surface area contributed by atoms with Gasteiger partial charge >= 0.3 is 0 Å². The summed E-state index contributed by atoms with van der Waals surface area (Å²) in [4.78, 5) is 25.0. The molecule has 0 amide bonds. The highest BCUT2D eigenvalue weighted by molar-refractivity contribution is 6.30. The van der Waals surface area contributed by atoms with E-state index in [9.17, 15) is 19.8 Å². The fourth-order valence-electron chi connectivity index (χ4n) is 2.62. The molecule has 2 aromatic rings.